The number of methoxy groups -OCH3 is 1. The highest BCUT2D eigenvalue weighted by Gasteiger charge is 2.38. The average molecular weight is 234 g/mol. The fourth-order valence-corrected chi connectivity index (χ4v) is 2.37. The molecule has 0 bridgehead atoms. The number of carbonyl (C=O) groups is 2. The van der Waals surface area contributed by atoms with E-state index >= 15 is 0 Å². The molecule has 1 aliphatic rings. The number of carboxylic acids is 1. The van der Waals surface area contributed by atoms with Crippen LogP contribution in [0.1, 0.15) is 11.1 Å². The van der Waals surface area contributed by atoms with Crippen LogP contribution in [-0.2, 0) is 27.2 Å². The van der Waals surface area contributed by atoms with E-state index in [2.05, 4.69) is 4.74 Å². The zero-order valence-corrected chi connectivity index (χ0v) is 9.55. The molecule has 90 valence electrons. The predicted octanol–water partition coefficient (Wildman–Crippen LogP) is 1.28. The van der Waals surface area contributed by atoms with Crippen LogP contribution >= 0.6 is 0 Å². The molecule has 2 rings (SSSR count). The molecule has 1 aromatic rings. The molecule has 4 heteroatoms. The van der Waals surface area contributed by atoms with Gasteiger partial charge in [0.15, 0.2) is 0 Å². The van der Waals surface area contributed by atoms with Crippen molar-refractivity contribution in [3.8, 4) is 0 Å². The van der Waals surface area contributed by atoms with Crippen LogP contribution in [0.4, 0.5) is 0 Å². The molecule has 0 aromatic heterocycles. The van der Waals surface area contributed by atoms with Crippen molar-refractivity contribution in [1.82, 2.24) is 0 Å². The number of benzene rings is 1. The first-order valence-corrected chi connectivity index (χ1v) is 5.51. The van der Waals surface area contributed by atoms with Gasteiger partial charge in [-0.25, -0.2) is 0 Å². The molecule has 0 radical (unpaired) electrons. The summed E-state index contributed by atoms with van der Waals surface area (Å²) in [5.41, 5.74) is 2.06. The van der Waals surface area contributed by atoms with E-state index in [4.69, 9.17) is 0 Å². The van der Waals surface area contributed by atoms with Crippen molar-refractivity contribution in [3.05, 3.63) is 35.4 Å². The van der Waals surface area contributed by atoms with Crippen LogP contribution in [0, 0.1) is 11.8 Å². The van der Waals surface area contributed by atoms with Crippen molar-refractivity contribution in [3.63, 3.8) is 0 Å². The molecule has 1 aromatic carbocycles. The van der Waals surface area contributed by atoms with E-state index in [0.717, 1.165) is 11.1 Å². The van der Waals surface area contributed by atoms with E-state index in [0.29, 0.717) is 12.8 Å². The van der Waals surface area contributed by atoms with E-state index in [1.54, 1.807) is 0 Å². The van der Waals surface area contributed by atoms with Gasteiger partial charge in [0.2, 0.25) is 0 Å². The fraction of sp³-hybridized carbons (Fsp3) is 0.385. The van der Waals surface area contributed by atoms with Crippen LogP contribution in [0.2, 0.25) is 0 Å². The van der Waals surface area contributed by atoms with Crippen molar-refractivity contribution >= 4 is 11.9 Å². The number of fused-ring (bicyclic) bond motifs is 1. The first-order chi connectivity index (χ1) is 8.13. The number of esters is 1. The molecule has 0 aliphatic heterocycles. The molecule has 0 heterocycles. The maximum Gasteiger partial charge on any atom is 0.309 e. The van der Waals surface area contributed by atoms with E-state index in [1.807, 2.05) is 24.3 Å². The molecular weight excluding hydrogens is 220 g/mol. The summed E-state index contributed by atoms with van der Waals surface area (Å²) in [4.78, 5) is 22.8. The number of carboxylic acid groups (broad SMARTS) is 1. The first kappa shape index (κ1) is 11.6. The standard InChI is InChI=1S/C13H14O4/c1-17-13(16)11-7-9-5-3-2-4-8(9)6-10(11)12(14)15/h2-5,10-11H,6-7H2,1H3,(H,14,15). The Morgan fingerprint density at radius 3 is 2.18 bits per heavy atom. The lowest BCUT2D eigenvalue weighted by Crippen LogP contribution is -2.37. The van der Waals surface area contributed by atoms with Crippen LogP contribution in [0.5, 0.6) is 0 Å². The van der Waals surface area contributed by atoms with Crippen molar-refractivity contribution in [1.29, 1.82) is 0 Å². The Hall–Kier alpha value is -1.84. The number of hydrogen-bond acceptors (Lipinski definition) is 3. The number of ether oxygens (including phenoxy) is 1. The minimum absolute atomic E-state index is 0.394. The highest BCUT2D eigenvalue weighted by Crippen LogP contribution is 2.31. The quantitative estimate of drug-likeness (QED) is 0.783. The molecule has 2 unspecified atom stereocenters. The zero-order chi connectivity index (χ0) is 12.4. The summed E-state index contributed by atoms with van der Waals surface area (Å²) in [6.07, 6.45) is 0.838. The van der Waals surface area contributed by atoms with Gasteiger partial charge in [-0.2, -0.15) is 0 Å². The fourth-order valence-electron chi connectivity index (χ4n) is 2.37. The topological polar surface area (TPSA) is 63.6 Å². The third kappa shape index (κ3) is 2.16. The molecule has 0 fully saturated rings. The Kier molecular flexibility index (Phi) is 3.13. The van der Waals surface area contributed by atoms with Gasteiger partial charge >= 0.3 is 11.9 Å². The lowest BCUT2D eigenvalue weighted by atomic mass is 9.76. The third-order valence-corrected chi connectivity index (χ3v) is 3.30. The van der Waals surface area contributed by atoms with Gasteiger partial charge in [-0.05, 0) is 24.0 Å². The number of rotatable bonds is 2. The lowest BCUT2D eigenvalue weighted by Gasteiger charge is -2.28. The van der Waals surface area contributed by atoms with E-state index < -0.39 is 23.8 Å². The molecule has 0 amide bonds. The zero-order valence-electron chi connectivity index (χ0n) is 9.55. The summed E-state index contributed by atoms with van der Waals surface area (Å²) in [6.45, 7) is 0. The Labute approximate surface area is 99.2 Å². The second-order valence-electron chi connectivity index (χ2n) is 4.25. The normalized spacial score (nSPS) is 22.6. The summed E-state index contributed by atoms with van der Waals surface area (Å²) in [5, 5.41) is 9.17. The number of hydrogen-bond donors (Lipinski definition) is 1. The maximum atomic E-state index is 11.6. The molecule has 2 atom stereocenters. The van der Waals surface area contributed by atoms with Crippen molar-refractivity contribution < 1.29 is 19.4 Å². The monoisotopic (exact) mass is 234 g/mol. The van der Waals surface area contributed by atoms with Crippen LogP contribution < -0.4 is 0 Å². The average Bonchev–Trinajstić information content (AvgIpc) is 2.36. The lowest BCUT2D eigenvalue weighted by molar-refractivity contribution is -0.156. The van der Waals surface area contributed by atoms with Gasteiger partial charge in [0.05, 0.1) is 18.9 Å². The smallest absolute Gasteiger partial charge is 0.309 e. The summed E-state index contributed by atoms with van der Waals surface area (Å²) < 4.78 is 4.68. The minimum Gasteiger partial charge on any atom is -0.481 e. The van der Waals surface area contributed by atoms with Gasteiger partial charge in [0.25, 0.3) is 0 Å². The van der Waals surface area contributed by atoms with Crippen molar-refractivity contribution in [2.24, 2.45) is 11.8 Å². The molecule has 1 N–H and O–H groups in total. The summed E-state index contributed by atoms with van der Waals surface area (Å²) in [7, 11) is 1.29. The molecular formula is C13H14O4. The van der Waals surface area contributed by atoms with Crippen LogP contribution in [0.25, 0.3) is 0 Å². The highest BCUT2D eigenvalue weighted by atomic mass is 16.5. The van der Waals surface area contributed by atoms with Crippen molar-refractivity contribution in [2.75, 3.05) is 7.11 Å². The van der Waals surface area contributed by atoms with E-state index in [1.165, 1.54) is 7.11 Å². The Morgan fingerprint density at radius 2 is 1.71 bits per heavy atom. The summed E-state index contributed by atoms with van der Waals surface area (Å²) in [6, 6.07) is 7.63. The summed E-state index contributed by atoms with van der Waals surface area (Å²) >= 11 is 0. The van der Waals surface area contributed by atoms with Crippen LogP contribution in [0.15, 0.2) is 24.3 Å². The van der Waals surface area contributed by atoms with Gasteiger partial charge in [-0.1, -0.05) is 24.3 Å². The molecule has 0 saturated heterocycles. The third-order valence-electron chi connectivity index (χ3n) is 3.30. The number of carbonyl (C=O) groups excluding carboxylic acids is 1. The molecule has 17 heavy (non-hydrogen) atoms. The minimum atomic E-state index is -0.935. The second kappa shape index (κ2) is 4.57. The van der Waals surface area contributed by atoms with Gasteiger partial charge < -0.3 is 9.84 Å². The Bertz CT molecular complexity index is 452. The molecule has 0 spiro atoms. The Balaban J connectivity index is 2.34. The summed E-state index contributed by atoms with van der Waals surface area (Å²) in [5.74, 6) is -2.63. The highest BCUT2D eigenvalue weighted by molar-refractivity contribution is 5.82. The molecule has 4 nitrogen and oxygen atoms in total. The van der Waals surface area contributed by atoms with Gasteiger partial charge in [-0.3, -0.25) is 9.59 Å². The maximum absolute atomic E-state index is 11.6. The van der Waals surface area contributed by atoms with E-state index in [-0.39, 0.29) is 0 Å². The first-order valence-electron chi connectivity index (χ1n) is 5.51. The van der Waals surface area contributed by atoms with Crippen molar-refractivity contribution in [2.45, 2.75) is 12.8 Å². The Morgan fingerprint density at radius 1 is 1.18 bits per heavy atom. The van der Waals surface area contributed by atoms with Crippen LogP contribution in [-0.4, -0.2) is 24.2 Å². The molecule has 0 saturated carbocycles. The van der Waals surface area contributed by atoms with E-state index in [9.17, 15) is 14.7 Å². The number of aliphatic carboxylic acids is 1. The van der Waals surface area contributed by atoms with Crippen LogP contribution in [0.3, 0.4) is 0 Å². The SMILES string of the molecule is COC(=O)C1Cc2ccccc2CC1C(=O)O. The second-order valence-corrected chi connectivity index (χ2v) is 4.25. The van der Waals surface area contributed by atoms with Gasteiger partial charge in [0.1, 0.15) is 0 Å². The largest absolute Gasteiger partial charge is 0.481 e. The predicted molar refractivity (Wildman–Crippen MR) is 60.5 cm³/mol. The van der Waals surface area contributed by atoms with Gasteiger partial charge in [-0.15, -0.1) is 0 Å². The van der Waals surface area contributed by atoms with Gasteiger partial charge in [0, 0.05) is 0 Å². The molecule has 1 aliphatic carbocycles.